The first-order chi connectivity index (χ1) is 9.06. The molecule has 2 aromatic rings. The van der Waals surface area contributed by atoms with Crippen LogP contribution in [0.2, 0.25) is 5.02 Å². The van der Waals surface area contributed by atoms with Crippen LogP contribution in [0.15, 0.2) is 46.9 Å². The van der Waals surface area contributed by atoms with Gasteiger partial charge in [-0.05, 0) is 59.1 Å². The van der Waals surface area contributed by atoms with Crippen LogP contribution in [-0.4, -0.2) is 6.04 Å². The van der Waals surface area contributed by atoms with Crippen LogP contribution >= 0.6 is 27.5 Å². The molecule has 0 aliphatic heterocycles. The first kappa shape index (κ1) is 14.4. The van der Waals surface area contributed by atoms with Crippen molar-refractivity contribution in [2.24, 2.45) is 0 Å². The van der Waals surface area contributed by atoms with Crippen LogP contribution in [0.5, 0.6) is 0 Å². The molecule has 0 aliphatic carbocycles. The molecule has 0 heterocycles. The molecule has 4 heteroatoms. The van der Waals surface area contributed by atoms with Gasteiger partial charge in [0.15, 0.2) is 0 Å². The van der Waals surface area contributed by atoms with Crippen molar-refractivity contribution in [1.29, 1.82) is 0 Å². The van der Waals surface area contributed by atoms with Gasteiger partial charge in [0.25, 0.3) is 0 Å². The Labute approximate surface area is 125 Å². The van der Waals surface area contributed by atoms with Crippen LogP contribution in [0, 0.1) is 5.82 Å². The monoisotopic (exact) mass is 341 g/mol. The minimum atomic E-state index is -0.159. The molecule has 2 rings (SSSR count). The molecule has 0 fully saturated rings. The third-order valence-electron chi connectivity index (χ3n) is 2.82. The first-order valence-corrected chi connectivity index (χ1v) is 7.18. The lowest BCUT2D eigenvalue weighted by Gasteiger charge is -2.16. The fraction of sp³-hybridized carbons (Fsp3) is 0.200. The molecule has 0 amide bonds. The van der Waals surface area contributed by atoms with Gasteiger partial charge in [0.2, 0.25) is 0 Å². The summed E-state index contributed by atoms with van der Waals surface area (Å²) in [5, 5.41) is 4.00. The highest BCUT2D eigenvalue weighted by molar-refractivity contribution is 9.10. The van der Waals surface area contributed by atoms with E-state index >= 15 is 0 Å². The maximum atomic E-state index is 13.6. The van der Waals surface area contributed by atoms with Gasteiger partial charge >= 0.3 is 0 Å². The molecule has 1 nitrogen and oxygen atoms in total. The fourth-order valence-electron chi connectivity index (χ4n) is 1.92. The minimum absolute atomic E-state index is 0.130. The van der Waals surface area contributed by atoms with Crippen molar-refractivity contribution in [3.05, 3.63) is 63.3 Å². The van der Waals surface area contributed by atoms with Gasteiger partial charge in [-0.25, -0.2) is 4.39 Å². The highest BCUT2D eigenvalue weighted by Crippen LogP contribution is 2.26. The average Bonchev–Trinajstić information content (AvgIpc) is 2.37. The van der Waals surface area contributed by atoms with Crippen LogP contribution in [0.4, 0.5) is 10.1 Å². The summed E-state index contributed by atoms with van der Waals surface area (Å²) in [6.07, 6.45) is 0.632. The summed E-state index contributed by atoms with van der Waals surface area (Å²) in [6.45, 7) is 2.02. The molecule has 0 saturated heterocycles. The number of nitrogens with one attached hydrogen (secondary N) is 1. The van der Waals surface area contributed by atoms with Crippen LogP contribution in [0.25, 0.3) is 0 Å². The highest BCUT2D eigenvalue weighted by Gasteiger charge is 2.08. The lowest BCUT2D eigenvalue weighted by Crippen LogP contribution is -2.18. The molecule has 1 unspecified atom stereocenters. The molecule has 2 aromatic carbocycles. The number of halogens is 3. The Hall–Kier alpha value is -1.06. The van der Waals surface area contributed by atoms with E-state index in [0.29, 0.717) is 11.4 Å². The van der Waals surface area contributed by atoms with Gasteiger partial charge in [0.05, 0.1) is 5.02 Å². The van der Waals surface area contributed by atoms with Gasteiger partial charge < -0.3 is 5.32 Å². The third kappa shape index (κ3) is 3.95. The Morgan fingerprint density at radius 3 is 2.68 bits per heavy atom. The molecule has 100 valence electrons. The standard InChI is InChI=1S/C15H14BrClFN/c1-10(8-11-4-2-3-5-15(11)18)19-12-6-7-14(17)13(16)9-12/h2-7,9-10,19H,8H2,1H3. The Balaban J connectivity index is 2.03. The Kier molecular flexibility index (Phi) is 4.83. The molecule has 0 aromatic heterocycles. The molecule has 0 radical (unpaired) electrons. The number of hydrogen-bond acceptors (Lipinski definition) is 1. The Bertz CT molecular complexity index is 574. The van der Waals surface area contributed by atoms with Crippen molar-refractivity contribution in [1.82, 2.24) is 0 Å². The van der Waals surface area contributed by atoms with Crippen molar-refractivity contribution in [2.75, 3.05) is 5.32 Å². The van der Waals surface area contributed by atoms with E-state index in [4.69, 9.17) is 11.6 Å². The smallest absolute Gasteiger partial charge is 0.126 e. The van der Waals surface area contributed by atoms with E-state index in [2.05, 4.69) is 21.2 Å². The van der Waals surface area contributed by atoms with E-state index in [1.54, 1.807) is 6.07 Å². The van der Waals surface area contributed by atoms with E-state index in [-0.39, 0.29) is 11.9 Å². The summed E-state index contributed by atoms with van der Waals surface area (Å²) in [5.74, 6) is -0.159. The molecular weight excluding hydrogens is 329 g/mol. The number of hydrogen-bond donors (Lipinski definition) is 1. The normalized spacial score (nSPS) is 12.2. The summed E-state index contributed by atoms with van der Waals surface area (Å²) in [7, 11) is 0. The fourth-order valence-corrected chi connectivity index (χ4v) is 2.41. The lowest BCUT2D eigenvalue weighted by molar-refractivity contribution is 0.601. The van der Waals surface area contributed by atoms with Crippen LogP contribution < -0.4 is 5.32 Å². The van der Waals surface area contributed by atoms with Crippen LogP contribution in [0.1, 0.15) is 12.5 Å². The second-order valence-electron chi connectivity index (χ2n) is 4.47. The van der Waals surface area contributed by atoms with Gasteiger partial charge in [-0.3, -0.25) is 0 Å². The van der Waals surface area contributed by atoms with Crippen molar-refractivity contribution in [3.63, 3.8) is 0 Å². The van der Waals surface area contributed by atoms with Crippen molar-refractivity contribution in [3.8, 4) is 0 Å². The molecule has 1 N–H and O–H groups in total. The zero-order valence-electron chi connectivity index (χ0n) is 10.5. The summed E-state index contributed by atoms with van der Waals surface area (Å²) in [5.41, 5.74) is 1.68. The zero-order valence-corrected chi connectivity index (χ0v) is 12.8. The van der Waals surface area contributed by atoms with Gasteiger partial charge in [-0.2, -0.15) is 0 Å². The zero-order chi connectivity index (χ0) is 13.8. The summed E-state index contributed by atoms with van der Waals surface area (Å²) in [4.78, 5) is 0. The van der Waals surface area contributed by atoms with E-state index in [1.165, 1.54) is 6.07 Å². The predicted octanol–water partition coefficient (Wildman–Crippen LogP) is 5.28. The Morgan fingerprint density at radius 2 is 2.00 bits per heavy atom. The van der Waals surface area contributed by atoms with Crippen molar-refractivity contribution < 1.29 is 4.39 Å². The van der Waals surface area contributed by atoms with Gasteiger partial charge in [0.1, 0.15) is 5.82 Å². The van der Waals surface area contributed by atoms with Crippen molar-refractivity contribution in [2.45, 2.75) is 19.4 Å². The quantitative estimate of drug-likeness (QED) is 0.796. The van der Waals surface area contributed by atoms with Crippen molar-refractivity contribution >= 4 is 33.2 Å². The topological polar surface area (TPSA) is 12.0 Å². The summed E-state index contributed by atoms with van der Waals surface area (Å²) in [6, 6.07) is 12.6. The molecule has 19 heavy (non-hydrogen) atoms. The summed E-state index contributed by atoms with van der Waals surface area (Å²) >= 11 is 9.33. The SMILES string of the molecule is CC(Cc1ccccc1F)Nc1ccc(Cl)c(Br)c1. The summed E-state index contributed by atoms with van der Waals surface area (Å²) < 4.78 is 14.4. The van der Waals surface area contributed by atoms with Crippen LogP contribution in [-0.2, 0) is 6.42 Å². The second-order valence-corrected chi connectivity index (χ2v) is 5.73. The number of anilines is 1. The molecular formula is C15H14BrClFN. The molecule has 0 saturated carbocycles. The highest BCUT2D eigenvalue weighted by atomic mass is 79.9. The lowest BCUT2D eigenvalue weighted by atomic mass is 10.1. The maximum Gasteiger partial charge on any atom is 0.126 e. The predicted molar refractivity (Wildman–Crippen MR) is 82.3 cm³/mol. The molecule has 1 atom stereocenters. The maximum absolute atomic E-state index is 13.6. The molecule has 0 spiro atoms. The average molecular weight is 343 g/mol. The van der Waals surface area contributed by atoms with E-state index in [1.807, 2.05) is 37.3 Å². The first-order valence-electron chi connectivity index (χ1n) is 6.01. The molecule has 0 aliphatic rings. The number of benzene rings is 2. The van der Waals surface area contributed by atoms with Gasteiger partial charge in [-0.15, -0.1) is 0 Å². The largest absolute Gasteiger partial charge is 0.382 e. The van der Waals surface area contributed by atoms with Gasteiger partial charge in [-0.1, -0.05) is 29.8 Å². The van der Waals surface area contributed by atoms with Crippen LogP contribution in [0.3, 0.4) is 0 Å². The van der Waals surface area contributed by atoms with E-state index < -0.39 is 0 Å². The van der Waals surface area contributed by atoms with Gasteiger partial charge in [0, 0.05) is 16.2 Å². The second kappa shape index (κ2) is 6.40. The van der Waals surface area contributed by atoms with E-state index in [9.17, 15) is 4.39 Å². The Morgan fingerprint density at radius 1 is 1.26 bits per heavy atom. The minimum Gasteiger partial charge on any atom is -0.382 e. The molecule has 0 bridgehead atoms. The number of rotatable bonds is 4. The third-order valence-corrected chi connectivity index (χ3v) is 4.03. The van der Waals surface area contributed by atoms with E-state index in [0.717, 1.165) is 15.7 Å².